The first-order valence-corrected chi connectivity index (χ1v) is 9.74. The van der Waals surface area contributed by atoms with Crippen molar-refractivity contribution in [2.75, 3.05) is 26.7 Å². The van der Waals surface area contributed by atoms with Crippen LogP contribution in [0.3, 0.4) is 0 Å². The molecular weight excluding hydrogens is 338 g/mol. The minimum absolute atomic E-state index is 0.00418. The van der Waals surface area contributed by atoms with Gasteiger partial charge in [0.25, 0.3) is 5.91 Å². The van der Waals surface area contributed by atoms with Crippen molar-refractivity contribution in [2.24, 2.45) is 0 Å². The van der Waals surface area contributed by atoms with E-state index < -0.39 is 0 Å². The molecule has 1 unspecified atom stereocenters. The van der Waals surface area contributed by atoms with Crippen molar-refractivity contribution in [1.82, 2.24) is 9.88 Å². The average molecular weight is 371 g/mol. The normalized spacial score (nSPS) is 12.0. The number of aryl methyl sites for hydroxylation is 2. The van der Waals surface area contributed by atoms with Gasteiger partial charge < -0.3 is 14.8 Å². The summed E-state index contributed by atoms with van der Waals surface area (Å²) in [7, 11) is 1.89. The van der Waals surface area contributed by atoms with E-state index in [1.807, 2.05) is 40.0 Å². The molecular formula is C22H32N3O2+. The number of ketones is 1. The summed E-state index contributed by atoms with van der Waals surface area (Å²) in [6.07, 6.45) is 1.85. The van der Waals surface area contributed by atoms with Gasteiger partial charge in [-0.05, 0) is 38.3 Å². The Balaban J connectivity index is 1.97. The lowest BCUT2D eigenvalue weighted by atomic mass is 10.1. The number of aromatic nitrogens is 1. The molecule has 1 aromatic heterocycles. The molecule has 0 radical (unpaired) electrons. The van der Waals surface area contributed by atoms with E-state index in [0.29, 0.717) is 19.6 Å². The highest BCUT2D eigenvalue weighted by Gasteiger charge is 2.20. The number of hydrogen-bond acceptors (Lipinski definition) is 2. The van der Waals surface area contributed by atoms with Crippen LogP contribution in [0.4, 0.5) is 0 Å². The first-order valence-electron chi connectivity index (χ1n) is 9.74. The maximum absolute atomic E-state index is 12.7. The molecule has 1 heterocycles. The van der Waals surface area contributed by atoms with Gasteiger partial charge in [-0.2, -0.15) is 0 Å². The molecule has 1 amide bonds. The molecule has 27 heavy (non-hydrogen) atoms. The van der Waals surface area contributed by atoms with Crippen molar-refractivity contribution in [3.63, 3.8) is 0 Å². The molecule has 2 rings (SSSR count). The van der Waals surface area contributed by atoms with Crippen molar-refractivity contribution < 1.29 is 14.5 Å². The summed E-state index contributed by atoms with van der Waals surface area (Å²) in [4.78, 5) is 25.5. The number of nitrogens with zero attached hydrogens (tertiary/aromatic N) is 1. The lowest BCUT2D eigenvalue weighted by Gasteiger charge is -2.13. The van der Waals surface area contributed by atoms with E-state index in [-0.39, 0.29) is 11.7 Å². The zero-order chi connectivity index (χ0) is 19.8. The van der Waals surface area contributed by atoms with Crippen LogP contribution in [0, 0.1) is 13.8 Å². The number of benzene rings is 1. The van der Waals surface area contributed by atoms with Crippen LogP contribution in [0.25, 0.3) is 0 Å². The highest BCUT2D eigenvalue weighted by atomic mass is 16.2. The minimum atomic E-state index is -0.00418. The third-order valence-electron chi connectivity index (χ3n) is 4.84. The van der Waals surface area contributed by atoms with Crippen molar-refractivity contribution in [3.8, 4) is 0 Å². The summed E-state index contributed by atoms with van der Waals surface area (Å²) in [5, 5.41) is 2.86. The monoisotopic (exact) mass is 370 g/mol. The molecule has 0 bridgehead atoms. The zero-order valence-electron chi connectivity index (χ0n) is 17.0. The van der Waals surface area contributed by atoms with Gasteiger partial charge in [-0.1, -0.05) is 37.3 Å². The Labute approximate surface area is 162 Å². The maximum atomic E-state index is 12.7. The third kappa shape index (κ3) is 6.07. The second-order valence-electron chi connectivity index (χ2n) is 7.26. The first-order chi connectivity index (χ1) is 12.9. The fourth-order valence-corrected chi connectivity index (χ4v) is 3.35. The van der Waals surface area contributed by atoms with E-state index in [4.69, 9.17) is 0 Å². The van der Waals surface area contributed by atoms with Crippen molar-refractivity contribution in [2.45, 2.75) is 40.2 Å². The van der Waals surface area contributed by atoms with Crippen LogP contribution >= 0.6 is 0 Å². The smallest absolute Gasteiger partial charge is 0.275 e. The van der Waals surface area contributed by atoms with Crippen LogP contribution < -0.4 is 10.2 Å². The van der Waals surface area contributed by atoms with Crippen LogP contribution in [-0.4, -0.2) is 42.9 Å². The van der Waals surface area contributed by atoms with E-state index >= 15 is 0 Å². The number of Topliss-reactive ketones (excluding diaryl/α,β-unsaturated/α-hetero) is 1. The second kappa shape index (κ2) is 10.1. The van der Waals surface area contributed by atoms with Gasteiger partial charge in [0.2, 0.25) is 5.78 Å². The number of amides is 1. The summed E-state index contributed by atoms with van der Waals surface area (Å²) >= 11 is 0. The Hall–Kier alpha value is -2.40. The Morgan fingerprint density at radius 3 is 2.48 bits per heavy atom. The van der Waals surface area contributed by atoms with Gasteiger partial charge in [0.05, 0.1) is 7.05 Å². The van der Waals surface area contributed by atoms with Crippen molar-refractivity contribution >= 4 is 11.7 Å². The Morgan fingerprint density at radius 2 is 1.81 bits per heavy atom. The predicted octanol–water partition coefficient (Wildman–Crippen LogP) is 1.57. The summed E-state index contributed by atoms with van der Waals surface area (Å²) in [6, 6.07) is 12.4. The topological polar surface area (TPSA) is 55.5 Å². The number of likely N-dealkylation sites (N-methyl/N-ethyl adjacent to an activating group) is 1. The molecule has 1 atom stereocenters. The highest BCUT2D eigenvalue weighted by Crippen LogP contribution is 2.16. The predicted molar refractivity (Wildman–Crippen MR) is 108 cm³/mol. The van der Waals surface area contributed by atoms with Gasteiger partial charge in [-0.3, -0.25) is 9.59 Å². The molecule has 5 nitrogen and oxygen atoms in total. The van der Waals surface area contributed by atoms with Crippen LogP contribution in [0.1, 0.15) is 40.7 Å². The number of carbonyl (C=O) groups is 2. The third-order valence-corrected chi connectivity index (χ3v) is 4.84. The summed E-state index contributed by atoms with van der Waals surface area (Å²) in [5.74, 6) is 0.0883. The molecule has 5 heteroatoms. The summed E-state index contributed by atoms with van der Waals surface area (Å²) < 4.78 is 2.21. The van der Waals surface area contributed by atoms with Gasteiger partial charge >= 0.3 is 0 Å². The Bertz CT molecular complexity index is 765. The Morgan fingerprint density at radius 1 is 1.11 bits per heavy atom. The molecule has 0 aliphatic rings. The molecule has 0 fully saturated rings. The molecule has 0 aliphatic heterocycles. The largest absolute Gasteiger partial charge is 0.351 e. The van der Waals surface area contributed by atoms with Crippen LogP contribution in [0.2, 0.25) is 0 Å². The molecule has 0 aliphatic carbocycles. The van der Waals surface area contributed by atoms with Crippen LogP contribution in [0.15, 0.2) is 36.4 Å². The molecule has 0 spiro atoms. The van der Waals surface area contributed by atoms with Crippen molar-refractivity contribution in [1.29, 1.82) is 0 Å². The molecule has 146 valence electrons. The molecule has 2 N–H and O–H groups in total. The van der Waals surface area contributed by atoms with Gasteiger partial charge in [-0.25, -0.2) is 0 Å². The molecule has 2 aromatic rings. The van der Waals surface area contributed by atoms with Crippen molar-refractivity contribution in [3.05, 3.63) is 58.9 Å². The zero-order valence-corrected chi connectivity index (χ0v) is 17.0. The van der Waals surface area contributed by atoms with Crippen LogP contribution in [0.5, 0.6) is 0 Å². The average Bonchev–Trinajstić information content (AvgIpc) is 2.93. The van der Waals surface area contributed by atoms with E-state index in [9.17, 15) is 9.59 Å². The standard InChI is InChI=1S/C22H31N3O2/c1-5-12-23-22(27)16-24(4)15-21(26)20-14-17(2)25(18(20)3)13-11-19-9-7-6-8-10-19/h6-10,14H,5,11-13,15-16H2,1-4H3,(H,23,27)/p+1. The fraction of sp³-hybridized carbons (Fsp3) is 0.455. The van der Waals surface area contributed by atoms with Gasteiger partial charge in [0, 0.05) is 30.0 Å². The number of hydrogen-bond donors (Lipinski definition) is 2. The number of quaternary nitrogens is 1. The SMILES string of the molecule is CCCNC(=O)C[NH+](C)CC(=O)c1cc(C)n(CCc2ccccc2)c1C. The van der Waals surface area contributed by atoms with Crippen LogP contribution in [-0.2, 0) is 17.8 Å². The second-order valence-corrected chi connectivity index (χ2v) is 7.26. The van der Waals surface area contributed by atoms with E-state index in [1.54, 1.807) is 0 Å². The molecule has 0 saturated heterocycles. The fourth-order valence-electron chi connectivity index (χ4n) is 3.35. The minimum Gasteiger partial charge on any atom is -0.351 e. The van der Waals surface area contributed by atoms with Gasteiger partial charge in [-0.15, -0.1) is 0 Å². The first kappa shape index (κ1) is 20.9. The van der Waals surface area contributed by atoms with Gasteiger partial charge in [0.1, 0.15) is 6.54 Å². The Kier molecular flexibility index (Phi) is 7.80. The number of nitrogens with one attached hydrogen (secondary N) is 2. The lowest BCUT2D eigenvalue weighted by molar-refractivity contribution is -0.862. The maximum Gasteiger partial charge on any atom is 0.275 e. The highest BCUT2D eigenvalue weighted by molar-refractivity contribution is 5.98. The summed E-state index contributed by atoms with van der Waals surface area (Å²) in [6.45, 7) is 8.26. The van der Waals surface area contributed by atoms with E-state index in [1.165, 1.54) is 5.56 Å². The lowest BCUT2D eigenvalue weighted by Crippen LogP contribution is -3.11. The summed E-state index contributed by atoms with van der Waals surface area (Å²) in [5.41, 5.74) is 4.18. The number of carbonyl (C=O) groups excluding carboxylic acids is 2. The number of rotatable bonds is 10. The molecule has 0 saturated carbocycles. The van der Waals surface area contributed by atoms with E-state index in [2.05, 4.69) is 34.1 Å². The quantitative estimate of drug-likeness (QED) is 0.624. The molecule has 1 aromatic carbocycles. The van der Waals surface area contributed by atoms with E-state index in [0.717, 1.165) is 41.2 Å². The van der Waals surface area contributed by atoms with Gasteiger partial charge in [0.15, 0.2) is 6.54 Å².